The summed E-state index contributed by atoms with van der Waals surface area (Å²) in [5, 5.41) is 3.70. The van der Waals surface area contributed by atoms with Gasteiger partial charge in [0.15, 0.2) is 5.76 Å². The lowest BCUT2D eigenvalue weighted by Crippen LogP contribution is -2.32. The van der Waals surface area contributed by atoms with Crippen LogP contribution >= 0.6 is 11.6 Å². The summed E-state index contributed by atoms with van der Waals surface area (Å²) >= 11 is 6.11. The zero-order valence-corrected chi connectivity index (χ0v) is 13.4. The van der Waals surface area contributed by atoms with E-state index in [2.05, 4.69) is 5.32 Å². The molecule has 2 aromatic carbocycles. The Kier molecular flexibility index (Phi) is 4.99. The highest BCUT2D eigenvalue weighted by Crippen LogP contribution is 2.25. The van der Waals surface area contributed by atoms with Crippen molar-refractivity contribution in [3.63, 3.8) is 0 Å². The van der Waals surface area contributed by atoms with Gasteiger partial charge in [-0.25, -0.2) is 0 Å². The van der Waals surface area contributed by atoms with E-state index >= 15 is 0 Å². The number of benzene rings is 2. The van der Waals surface area contributed by atoms with Crippen molar-refractivity contribution in [3.8, 4) is 0 Å². The maximum Gasteiger partial charge on any atom is 0.286 e. The van der Waals surface area contributed by atoms with Gasteiger partial charge in [-0.2, -0.15) is 0 Å². The quantitative estimate of drug-likeness (QED) is 0.912. The molecule has 0 saturated carbocycles. The summed E-state index contributed by atoms with van der Waals surface area (Å²) in [6.07, 6.45) is 3.67. The number of rotatable bonds is 4. The van der Waals surface area contributed by atoms with Crippen LogP contribution in [-0.4, -0.2) is 12.5 Å². The molecule has 1 aliphatic rings. The molecule has 118 valence electrons. The molecule has 4 heteroatoms. The largest absolute Gasteiger partial charge is 0.488 e. The lowest BCUT2D eigenvalue weighted by atomic mass is 9.98. The minimum absolute atomic E-state index is 0.196. The molecule has 0 saturated heterocycles. The van der Waals surface area contributed by atoms with Crippen LogP contribution < -0.4 is 5.32 Å². The van der Waals surface area contributed by atoms with Crippen LogP contribution in [0.2, 0.25) is 5.02 Å². The molecule has 2 aromatic rings. The standard InChI is InChI=1S/C19H18ClNO2/c20-16-10-6-9-15(13-16)18(14-7-2-1-3-8-14)21-19(22)17-11-4-5-12-23-17/h1-3,6-11,13,18H,4-5,12H2,(H,21,22). The second-order valence-corrected chi connectivity index (χ2v) is 5.87. The first-order valence-corrected chi connectivity index (χ1v) is 8.06. The first-order chi connectivity index (χ1) is 11.2. The van der Waals surface area contributed by atoms with Crippen LogP contribution in [0.5, 0.6) is 0 Å². The van der Waals surface area contributed by atoms with Crippen molar-refractivity contribution in [2.24, 2.45) is 0 Å². The van der Waals surface area contributed by atoms with Crippen molar-refractivity contribution in [3.05, 3.63) is 82.6 Å². The molecule has 0 aliphatic carbocycles. The number of hydrogen-bond donors (Lipinski definition) is 1. The fourth-order valence-corrected chi connectivity index (χ4v) is 2.81. The zero-order chi connectivity index (χ0) is 16.1. The van der Waals surface area contributed by atoms with Crippen LogP contribution in [0, 0.1) is 0 Å². The predicted molar refractivity (Wildman–Crippen MR) is 91.1 cm³/mol. The number of amides is 1. The SMILES string of the molecule is O=C(NC(c1ccccc1)c1cccc(Cl)c1)C1=CCCCO1. The summed E-state index contributed by atoms with van der Waals surface area (Å²) in [7, 11) is 0. The highest BCUT2D eigenvalue weighted by atomic mass is 35.5. The molecule has 0 radical (unpaired) electrons. The summed E-state index contributed by atoms with van der Waals surface area (Å²) in [4.78, 5) is 12.5. The van der Waals surface area contributed by atoms with E-state index < -0.39 is 0 Å². The van der Waals surface area contributed by atoms with Crippen LogP contribution in [0.1, 0.15) is 30.0 Å². The van der Waals surface area contributed by atoms with Crippen molar-refractivity contribution < 1.29 is 9.53 Å². The molecule has 1 heterocycles. The summed E-state index contributed by atoms with van der Waals surface area (Å²) in [5.74, 6) is 0.206. The van der Waals surface area contributed by atoms with E-state index in [1.54, 1.807) is 0 Å². The van der Waals surface area contributed by atoms with Crippen molar-refractivity contribution in [2.75, 3.05) is 6.61 Å². The molecule has 0 aromatic heterocycles. The van der Waals surface area contributed by atoms with Crippen molar-refractivity contribution in [1.29, 1.82) is 0 Å². The Labute approximate surface area is 140 Å². The number of carbonyl (C=O) groups excluding carboxylic acids is 1. The third-order valence-electron chi connectivity index (χ3n) is 3.75. The Balaban J connectivity index is 1.89. The topological polar surface area (TPSA) is 38.3 Å². The van der Waals surface area contributed by atoms with Gasteiger partial charge in [0.25, 0.3) is 5.91 Å². The first kappa shape index (κ1) is 15.6. The number of halogens is 1. The first-order valence-electron chi connectivity index (χ1n) is 7.68. The molecular weight excluding hydrogens is 310 g/mol. The highest BCUT2D eigenvalue weighted by Gasteiger charge is 2.21. The van der Waals surface area contributed by atoms with E-state index in [0.29, 0.717) is 17.4 Å². The van der Waals surface area contributed by atoms with Gasteiger partial charge in [0.05, 0.1) is 12.6 Å². The van der Waals surface area contributed by atoms with Gasteiger partial charge < -0.3 is 10.1 Å². The number of ether oxygens (including phenoxy) is 1. The summed E-state index contributed by atoms with van der Waals surface area (Å²) < 4.78 is 5.46. The van der Waals surface area contributed by atoms with Gasteiger partial charge in [-0.1, -0.05) is 54.1 Å². The van der Waals surface area contributed by atoms with E-state index in [1.165, 1.54) is 0 Å². The molecule has 1 atom stereocenters. The average Bonchev–Trinajstić information content (AvgIpc) is 2.61. The normalized spacial score (nSPS) is 15.3. The molecular formula is C19H18ClNO2. The molecule has 3 rings (SSSR count). The number of carbonyl (C=O) groups is 1. The summed E-state index contributed by atoms with van der Waals surface area (Å²) in [6.45, 7) is 0.590. The second-order valence-electron chi connectivity index (χ2n) is 5.43. The smallest absolute Gasteiger partial charge is 0.286 e. The second kappa shape index (κ2) is 7.34. The van der Waals surface area contributed by atoms with Gasteiger partial charge in [-0.15, -0.1) is 0 Å². The third-order valence-corrected chi connectivity index (χ3v) is 3.98. The fraction of sp³-hybridized carbons (Fsp3) is 0.211. The van der Waals surface area contributed by atoms with E-state index in [-0.39, 0.29) is 11.9 Å². The van der Waals surface area contributed by atoms with E-state index in [1.807, 2.05) is 60.7 Å². The van der Waals surface area contributed by atoms with E-state index in [9.17, 15) is 4.79 Å². The van der Waals surface area contributed by atoms with Crippen molar-refractivity contribution in [1.82, 2.24) is 5.32 Å². The van der Waals surface area contributed by atoms with Crippen molar-refractivity contribution >= 4 is 17.5 Å². The Morgan fingerprint density at radius 1 is 1.09 bits per heavy atom. The summed E-state index contributed by atoms with van der Waals surface area (Å²) in [6, 6.07) is 17.1. The van der Waals surface area contributed by atoms with Crippen LogP contribution in [0.25, 0.3) is 0 Å². The minimum atomic E-state index is -0.270. The Morgan fingerprint density at radius 3 is 2.57 bits per heavy atom. The van der Waals surface area contributed by atoms with E-state index in [0.717, 1.165) is 24.0 Å². The van der Waals surface area contributed by atoms with E-state index in [4.69, 9.17) is 16.3 Å². The monoisotopic (exact) mass is 327 g/mol. The fourth-order valence-electron chi connectivity index (χ4n) is 2.61. The Bertz CT molecular complexity index is 712. The highest BCUT2D eigenvalue weighted by molar-refractivity contribution is 6.30. The zero-order valence-electron chi connectivity index (χ0n) is 12.7. The maximum atomic E-state index is 12.5. The van der Waals surface area contributed by atoms with Crippen LogP contribution in [0.4, 0.5) is 0 Å². The lowest BCUT2D eigenvalue weighted by molar-refractivity contribution is -0.121. The van der Waals surface area contributed by atoms with Gasteiger partial charge in [0, 0.05) is 5.02 Å². The number of hydrogen-bond acceptors (Lipinski definition) is 2. The average molecular weight is 328 g/mol. The number of allylic oxidation sites excluding steroid dienone is 1. The van der Waals surface area contributed by atoms with Crippen LogP contribution in [0.15, 0.2) is 66.4 Å². The maximum absolute atomic E-state index is 12.5. The molecule has 1 amide bonds. The van der Waals surface area contributed by atoms with Gasteiger partial charge in [0.1, 0.15) is 0 Å². The third kappa shape index (κ3) is 3.93. The molecule has 1 unspecified atom stereocenters. The molecule has 3 nitrogen and oxygen atoms in total. The van der Waals surface area contributed by atoms with Crippen LogP contribution in [0.3, 0.4) is 0 Å². The van der Waals surface area contributed by atoms with Crippen LogP contribution in [-0.2, 0) is 9.53 Å². The van der Waals surface area contributed by atoms with Crippen molar-refractivity contribution in [2.45, 2.75) is 18.9 Å². The molecule has 0 bridgehead atoms. The van der Waals surface area contributed by atoms with Gasteiger partial charge in [0.2, 0.25) is 0 Å². The molecule has 0 fully saturated rings. The predicted octanol–water partition coefficient (Wildman–Crippen LogP) is 4.24. The molecule has 1 N–H and O–H groups in total. The number of nitrogens with one attached hydrogen (secondary N) is 1. The lowest BCUT2D eigenvalue weighted by Gasteiger charge is -2.22. The Hall–Kier alpha value is -2.26. The van der Waals surface area contributed by atoms with Gasteiger partial charge in [-0.05, 0) is 42.2 Å². The molecule has 23 heavy (non-hydrogen) atoms. The minimum Gasteiger partial charge on any atom is -0.488 e. The van der Waals surface area contributed by atoms with Gasteiger partial charge >= 0.3 is 0 Å². The molecule has 0 spiro atoms. The van der Waals surface area contributed by atoms with Gasteiger partial charge in [-0.3, -0.25) is 4.79 Å². The Morgan fingerprint density at radius 2 is 1.87 bits per heavy atom. The molecule has 1 aliphatic heterocycles. The summed E-state index contributed by atoms with van der Waals surface area (Å²) in [5.41, 5.74) is 1.94.